The van der Waals surface area contributed by atoms with Crippen LogP contribution < -0.4 is 0 Å². The first kappa shape index (κ1) is 14.6. The van der Waals surface area contributed by atoms with E-state index in [-0.39, 0.29) is 25.3 Å². The van der Waals surface area contributed by atoms with Crippen LogP contribution in [0.15, 0.2) is 11.2 Å². The first-order chi connectivity index (χ1) is 8.45. The maximum Gasteiger partial charge on any atom is 0.340 e. The smallest absolute Gasteiger partial charge is 0.340 e. The lowest BCUT2D eigenvalue weighted by Gasteiger charge is -2.19. The van der Waals surface area contributed by atoms with Crippen molar-refractivity contribution < 1.29 is 23.1 Å². The zero-order valence-corrected chi connectivity index (χ0v) is 10.9. The van der Waals surface area contributed by atoms with Crippen LogP contribution in [0.4, 0.5) is 0 Å². The number of hydrogen-bond donors (Lipinski definition) is 2. The van der Waals surface area contributed by atoms with Crippen LogP contribution in [-0.4, -0.2) is 60.8 Å². The number of ether oxygens (including phenoxy) is 1. The van der Waals surface area contributed by atoms with Crippen molar-refractivity contribution in [2.45, 2.75) is 11.9 Å². The summed E-state index contributed by atoms with van der Waals surface area (Å²) in [4.78, 5) is 10.9. The Balaban J connectivity index is 3.11. The van der Waals surface area contributed by atoms with Crippen LogP contribution in [0.25, 0.3) is 0 Å². The first-order valence-electron chi connectivity index (χ1n) is 5.20. The van der Waals surface area contributed by atoms with Gasteiger partial charge >= 0.3 is 5.97 Å². The molecule has 1 heterocycles. The van der Waals surface area contributed by atoms with Gasteiger partial charge in [-0.3, -0.25) is 5.10 Å². The number of likely N-dealkylation sites (N-methyl/N-ethyl adjacent to an activating group) is 1. The average Bonchev–Trinajstić information content (AvgIpc) is 2.79. The van der Waals surface area contributed by atoms with E-state index in [1.165, 1.54) is 7.11 Å². The molecule has 0 spiro atoms. The summed E-state index contributed by atoms with van der Waals surface area (Å²) in [5.74, 6) is -1.34. The van der Waals surface area contributed by atoms with Crippen molar-refractivity contribution in [3.8, 4) is 0 Å². The lowest BCUT2D eigenvalue weighted by Crippen LogP contribution is -2.34. The fourth-order valence-electron chi connectivity index (χ4n) is 1.39. The maximum atomic E-state index is 12.2. The predicted molar refractivity (Wildman–Crippen MR) is 61.9 cm³/mol. The zero-order chi connectivity index (χ0) is 13.8. The molecule has 18 heavy (non-hydrogen) atoms. The van der Waals surface area contributed by atoms with Crippen LogP contribution in [-0.2, 0) is 14.8 Å². The van der Waals surface area contributed by atoms with Crippen LogP contribution >= 0.6 is 0 Å². The van der Waals surface area contributed by atoms with Crippen molar-refractivity contribution in [1.29, 1.82) is 0 Å². The Morgan fingerprint density at radius 2 is 2.28 bits per heavy atom. The predicted octanol–water partition coefficient (Wildman–Crippen LogP) is -0.235. The molecule has 2 N–H and O–H groups in total. The molecular formula is C9H15N3O5S. The van der Waals surface area contributed by atoms with Gasteiger partial charge in [0.15, 0.2) is 5.03 Å². The Kier molecular flexibility index (Phi) is 4.82. The Labute approximate surface area is 105 Å². The number of carbonyl (C=O) groups is 1. The van der Waals surface area contributed by atoms with Gasteiger partial charge in [0.2, 0.25) is 0 Å². The third-order valence-corrected chi connectivity index (χ3v) is 4.28. The third kappa shape index (κ3) is 2.86. The second-order valence-electron chi connectivity index (χ2n) is 3.41. The van der Waals surface area contributed by atoms with Crippen molar-refractivity contribution in [3.05, 3.63) is 11.8 Å². The first-order valence-corrected chi connectivity index (χ1v) is 6.64. The van der Waals surface area contributed by atoms with E-state index in [2.05, 4.69) is 10.2 Å². The molecule has 0 saturated heterocycles. The number of aromatic carboxylic acids is 1. The highest BCUT2D eigenvalue weighted by atomic mass is 32.2. The summed E-state index contributed by atoms with van der Waals surface area (Å²) in [5, 5.41) is 14.2. The molecule has 0 aliphatic heterocycles. The lowest BCUT2D eigenvalue weighted by atomic mass is 10.4. The van der Waals surface area contributed by atoms with E-state index in [9.17, 15) is 13.2 Å². The van der Waals surface area contributed by atoms with Gasteiger partial charge in [0.25, 0.3) is 10.0 Å². The number of hydrogen-bond acceptors (Lipinski definition) is 5. The van der Waals surface area contributed by atoms with Gasteiger partial charge in [-0.1, -0.05) is 6.92 Å². The fourth-order valence-corrected chi connectivity index (χ4v) is 2.89. The minimum Gasteiger partial charge on any atom is -0.478 e. The minimum absolute atomic E-state index is 0.146. The minimum atomic E-state index is -3.90. The number of methoxy groups -OCH3 is 1. The molecule has 0 fully saturated rings. The van der Waals surface area contributed by atoms with E-state index in [4.69, 9.17) is 9.84 Å². The quantitative estimate of drug-likeness (QED) is 0.711. The molecular weight excluding hydrogens is 262 g/mol. The number of carboxylic acids is 1. The van der Waals surface area contributed by atoms with E-state index in [0.29, 0.717) is 0 Å². The summed E-state index contributed by atoms with van der Waals surface area (Å²) in [6.45, 7) is 2.24. The number of nitrogens with zero attached hydrogens (tertiary/aromatic N) is 2. The Morgan fingerprint density at radius 3 is 2.78 bits per heavy atom. The summed E-state index contributed by atoms with van der Waals surface area (Å²) in [5.41, 5.74) is -0.370. The standard InChI is InChI=1S/C9H15N3O5S/c1-3-12(4-5-17-2)18(15,16)8-7(9(13)14)6-10-11-8/h6H,3-5H2,1-2H3,(H,10,11)(H,13,14). The van der Waals surface area contributed by atoms with Crippen molar-refractivity contribution in [2.75, 3.05) is 26.8 Å². The second-order valence-corrected chi connectivity index (χ2v) is 5.28. The number of rotatable bonds is 7. The summed E-state index contributed by atoms with van der Waals surface area (Å²) in [7, 11) is -2.44. The maximum absolute atomic E-state index is 12.2. The molecule has 9 heteroatoms. The molecule has 0 bridgehead atoms. The number of nitrogens with one attached hydrogen (secondary N) is 1. The zero-order valence-electron chi connectivity index (χ0n) is 10.1. The Morgan fingerprint density at radius 1 is 1.61 bits per heavy atom. The van der Waals surface area contributed by atoms with Crippen molar-refractivity contribution in [2.24, 2.45) is 0 Å². The number of carboxylic acid groups (broad SMARTS) is 1. The van der Waals surface area contributed by atoms with Gasteiger partial charge in [0.05, 0.1) is 12.8 Å². The SMILES string of the molecule is CCN(CCOC)S(=O)(=O)c1[nH]ncc1C(=O)O. The van der Waals surface area contributed by atoms with E-state index in [0.717, 1.165) is 10.5 Å². The molecule has 102 valence electrons. The van der Waals surface area contributed by atoms with E-state index in [1.807, 2.05) is 0 Å². The molecule has 0 saturated carbocycles. The van der Waals surface area contributed by atoms with Gasteiger partial charge in [-0.2, -0.15) is 9.40 Å². The largest absolute Gasteiger partial charge is 0.478 e. The van der Waals surface area contributed by atoms with Gasteiger partial charge in [-0.05, 0) is 0 Å². The summed E-state index contributed by atoms with van der Waals surface area (Å²) >= 11 is 0. The lowest BCUT2D eigenvalue weighted by molar-refractivity contribution is 0.0692. The van der Waals surface area contributed by atoms with Crippen LogP contribution in [0.5, 0.6) is 0 Å². The number of sulfonamides is 1. The van der Waals surface area contributed by atoms with Gasteiger partial charge in [-0.25, -0.2) is 13.2 Å². The van der Waals surface area contributed by atoms with E-state index < -0.39 is 21.0 Å². The Bertz CT molecular complexity index is 510. The molecule has 1 aromatic heterocycles. The van der Waals surface area contributed by atoms with Crippen LogP contribution in [0.2, 0.25) is 0 Å². The summed E-state index contributed by atoms with van der Waals surface area (Å²) in [6, 6.07) is 0. The highest BCUT2D eigenvalue weighted by Crippen LogP contribution is 2.17. The van der Waals surface area contributed by atoms with Gasteiger partial charge in [-0.15, -0.1) is 0 Å². The molecule has 8 nitrogen and oxygen atoms in total. The van der Waals surface area contributed by atoms with E-state index >= 15 is 0 Å². The molecule has 0 aliphatic rings. The molecule has 1 aromatic rings. The van der Waals surface area contributed by atoms with Crippen LogP contribution in [0.3, 0.4) is 0 Å². The molecule has 0 aliphatic carbocycles. The third-order valence-electron chi connectivity index (χ3n) is 2.33. The highest BCUT2D eigenvalue weighted by Gasteiger charge is 2.29. The monoisotopic (exact) mass is 277 g/mol. The van der Waals surface area contributed by atoms with Gasteiger partial charge in [0, 0.05) is 20.2 Å². The van der Waals surface area contributed by atoms with E-state index in [1.54, 1.807) is 6.92 Å². The second kappa shape index (κ2) is 5.94. The number of H-pyrrole nitrogens is 1. The van der Waals surface area contributed by atoms with Crippen molar-refractivity contribution in [3.63, 3.8) is 0 Å². The molecule has 0 aromatic carbocycles. The average molecular weight is 277 g/mol. The summed E-state index contributed by atoms with van der Waals surface area (Å²) in [6.07, 6.45) is 0.972. The molecule has 0 amide bonds. The van der Waals surface area contributed by atoms with Crippen LogP contribution in [0.1, 0.15) is 17.3 Å². The fraction of sp³-hybridized carbons (Fsp3) is 0.556. The molecule has 0 radical (unpaired) electrons. The molecule has 1 rings (SSSR count). The summed E-state index contributed by atoms with van der Waals surface area (Å²) < 4.78 is 30.3. The Hall–Kier alpha value is -1.45. The number of aromatic amines is 1. The van der Waals surface area contributed by atoms with Crippen molar-refractivity contribution in [1.82, 2.24) is 14.5 Å². The van der Waals surface area contributed by atoms with Gasteiger partial charge in [0.1, 0.15) is 5.56 Å². The molecule has 0 atom stereocenters. The highest BCUT2D eigenvalue weighted by molar-refractivity contribution is 7.89. The topological polar surface area (TPSA) is 113 Å². The van der Waals surface area contributed by atoms with Gasteiger partial charge < -0.3 is 9.84 Å². The van der Waals surface area contributed by atoms with Crippen molar-refractivity contribution >= 4 is 16.0 Å². The molecule has 0 unspecified atom stereocenters. The number of aromatic nitrogens is 2. The van der Waals surface area contributed by atoms with Crippen LogP contribution in [0, 0.1) is 0 Å². The normalized spacial score (nSPS) is 11.9.